The number of aromatic nitrogens is 1. The van der Waals surface area contributed by atoms with Crippen LogP contribution >= 0.6 is 0 Å². The van der Waals surface area contributed by atoms with E-state index in [1.54, 1.807) is 6.20 Å². The van der Waals surface area contributed by atoms with Gasteiger partial charge in [0.15, 0.2) is 0 Å². The Morgan fingerprint density at radius 3 is 2.59 bits per heavy atom. The van der Waals surface area contributed by atoms with Gasteiger partial charge in [-0.1, -0.05) is 20.8 Å². The maximum absolute atomic E-state index is 8.92. The molecule has 4 nitrogen and oxygen atoms in total. The molecule has 17 heavy (non-hydrogen) atoms. The van der Waals surface area contributed by atoms with Crippen LogP contribution in [0.5, 0.6) is 0 Å². The van der Waals surface area contributed by atoms with E-state index in [0.29, 0.717) is 6.54 Å². The van der Waals surface area contributed by atoms with E-state index in [4.69, 9.17) is 9.52 Å². The second kappa shape index (κ2) is 6.17. The average molecular weight is 240 g/mol. The Morgan fingerprint density at radius 2 is 2.12 bits per heavy atom. The van der Waals surface area contributed by atoms with Gasteiger partial charge in [-0.3, -0.25) is 4.90 Å². The Morgan fingerprint density at radius 1 is 1.41 bits per heavy atom. The summed E-state index contributed by atoms with van der Waals surface area (Å²) in [6.07, 6.45) is 2.53. The third kappa shape index (κ3) is 5.84. The van der Waals surface area contributed by atoms with E-state index in [1.165, 1.54) is 0 Å². The summed E-state index contributed by atoms with van der Waals surface area (Å²) in [5.74, 6) is 1.60. The Kier molecular flexibility index (Phi) is 5.15. The van der Waals surface area contributed by atoms with Gasteiger partial charge >= 0.3 is 0 Å². The zero-order chi connectivity index (χ0) is 12.9. The highest BCUT2D eigenvalue weighted by molar-refractivity contribution is 4.91. The zero-order valence-electron chi connectivity index (χ0n) is 11.4. The van der Waals surface area contributed by atoms with E-state index in [1.807, 2.05) is 6.92 Å². The van der Waals surface area contributed by atoms with E-state index in [0.717, 1.165) is 31.2 Å². The van der Waals surface area contributed by atoms with Gasteiger partial charge in [0.25, 0.3) is 0 Å². The van der Waals surface area contributed by atoms with Crippen molar-refractivity contribution in [1.82, 2.24) is 9.88 Å². The van der Waals surface area contributed by atoms with Crippen molar-refractivity contribution in [3.63, 3.8) is 0 Å². The molecule has 0 amide bonds. The van der Waals surface area contributed by atoms with Crippen LogP contribution in [0.25, 0.3) is 0 Å². The Labute approximate surface area is 104 Å². The minimum absolute atomic E-state index is 0.227. The van der Waals surface area contributed by atoms with Gasteiger partial charge in [0, 0.05) is 19.7 Å². The number of hydrogen-bond acceptors (Lipinski definition) is 4. The average Bonchev–Trinajstić information content (AvgIpc) is 2.58. The van der Waals surface area contributed by atoms with Gasteiger partial charge in [-0.15, -0.1) is 0 Å². The molecule has 1 aromatic rings. The van der Waals surface area contributed by atoms with Crippen molar-refractivity contribution in [3.05, 3.63) is 17.8 Å². The van der Waals surface area contributed by atoms with E-state index in [2.05, 4.69) is 30.7 Å². The molecule has 4 heteroatoms. The van der Waals surface area contributed by atoms with Gasteiger partial charge < -0.3 is 9.52 Å². The molecular formula is C13H24N2O2. The molecule has 98 valence electrons. The first kappa shape index (κ1) is 14.2. The summed E-state index contributed by atoms with van der Waals surface area (Å²) in [5, 5.41) is 8.92. The molecule has 1 rings (SSSR count). The Balaban J connectivity index is 2.56. The predicted molar refractivity (Wildman–Crippen MR) is 67.7 cm³/mol. The van der Waals surface area contributed by atoms with E-state index < -0.39 is 0 Å². The maximum atomic E-state index is 8.92. The van der Waals surface area contributed by atoms with Gasteiger partial charge in [0.05, 0.1) is 12.7 Å². The van der Waals surface area contributed by atoms with Crippen molar-refractivity contribution < 1.29 is 9.52 Å². The summed E-state index contributed by atoms with van der Waals surface area (Å²) in [6, 6.07) is 0. The standard InChI is InChI=1S/C13H24N2O2/c1-11-8-14-12(17-11)9-15(6-5-7-16)10-13(2,3)4/h8,16H,5-7,9-10H2,1-4H3. The summed E-state index contributed by atoms with van der Waals surface area (Å²) in [5.41, 5.74) is 0.233. The smallest absolute Gasteiger partial charge is 0.208 e. The van der Waals surface area contributed by atoms with Gasteiger partial charge in [0.2, 0.25) is 5.89 Å². The lowest BCUT2D eigenvalue weighted by Gasteiger charge is -2.28. The quantitative estimate of drug-likeness (QED) is 0.828. The molecule has 0 aliphatic carbocycles. The number of oxazole rings is 1. The lowest BCUT2D eigenvalue weighted by molar-refractivity contribution is 0.154. The van der Waals surface area contributed by atoms with Crippen LogP contribution in [0.15, 0.2) is 10.6 Å². The SMILES string of the molecule is Cc1cnc(CN(CCCO)CC(C)(C)C)o1. The molecule has 0 aromatic carbocycles. The van der Waals surface area contributed by atoms with Crippen LogP contribution < -0.4 is 0 Å². The fraction of sp³-hybridized carbons (Fsp3) is 0.769. The normalized spacial score (nSPS) is 12.4. The topological polar surface area (TPSA) is 49.5 Å². The predicted octanol–water partition coefficient (Wildman–Crippen LogP) is 2.21. The Hall–Kier alpha value is -0.870. The third-order valence-electron chi connectivity index (χ3n) is 2.36. The van der Waals surface area contributed by atoms with Gasteiger partial charge in [-0.2, -0.15) is 0 Å². The van der Waals surface area contributed by atoms with Crippen LogP contribution in [-0.4, -0.2) is 34.7 Å². The van der Waals surface area contributed by atoms with Crippen molar-refractivity contribution in [2.24, 2.45) is 5.41 Å². The number of hydrogen-bond donors (Lipinski definition) is 1. The molecule has 0 unspecified atom stereocenters. The molecule has 0 spiro atoms. The molecule has 0 aliphatic heterocycles. The van der Waals surface area contributed by atoms with Crippen molar-refractivity contribution >= 4 is 0 Å². The van der Waals surface area contributed by atoms with Crippen molar-refractivity contribution in [1.29, 1.82) is 0 Å². The highest BCUT2D eigenvalue weighted by Gasteiger charge is 2.17. The van der Waals surface area contributed by atoms with Gasteiger partial charge in [-0.05, 0) is 18.8 Å². The summed E-state index contributed by atoms with van der Waals surface area (Å²) < 4.78 is 5.49. The van der Waals surface area contributed by atoms with Crippen LogP contribution in [0, 0.1) is 12.3 Å². The number of nitrogens with zero attached hydrogens (tertiary/aromatic N) is 2. The number of rotatable bonds is 6. The molecule has 0 atom stereocenters. The molecule has 1 N–H and O–H groups in total. The summed E-state index contributed by atoms with van der Waals surface area (Å²) in [4.78, 5) is 6.50. The zero-order valence-corrected chi connectivity index (χ0v) is 11.4. The summed E-state index contributed by atoms with van der Waals surface area (Å²) >= 11 is 0. The molecule has 0 bridgehead atoms. The minimum Gasteiger partial charge on any atom is -0.445 e. The highest BCUT2D eigenvalue weighted by Crippen LogP contribution is 2.17. The van der Waals surface area contributed by atoms with Gasteiger partial charge in [0.1, 0.15) is 5.76 Å². The van der Waals surface area contributed by atoms with Crippen LogP contribution in [0.1, 0.15) is 38.8 Å². The number of aliphatic hydroxyl groups excluding tert-OH is 1. The number of aryl methyl sites for hydroxylation is 1. The molecule has 1 heterocycles. The van der Waals surface area contributed by atoms with Crippen LogP contribution in [0.2, 0.25) is 0 Å². The lowest BCUT2D eigenvalue weighted by atomic mass is 9.96. The first-order valence-corrected chi connectivity index (χ1v) is 6.15. The first-order chi connectivity index (χ1) is 7.90. The first-order valence-electron chi connectivity index (χ1n) is 6.15. The molecule has 0 radical (unpaired) electrons. The van der Waals surface area contributed by atoms with Gasteiger partial charge in [-0.25, -0.2) is 4.98 Å². The second-order valence-electron chi connectivity index (χ2n) is 5.71. The van der Waals surface area contributed by atoms with Crippen molar-refractivity contribution in [2.45, 2.75) is 40.7 Å². The summed E-state index contributed by atoms with van der Waals surface area (Å²) in [7, 11) is 0. The largest absolute Gasteiger partial charge is 0.445 e. The third-order valence-corrected chi connectivity index (χ3v) is 2.36. The van der Waals surface area contributed by atoms with E-state index in [-0.39, 0.29) is 12.0 Å². The molecular weight excluding hydrogens is 216 g/mol. The van der Waals surface area contributed by atoms with Crippen molar-refractivity contribution in [2.75, 3.05) is 19.7 Å². The van der Waals surface area contributed by atoms with Crippen LogP contribution in [-0.2, 0) is 6.54 Å². The maximum Gasteiger partial charge on any atom is 0.208 e. The molecule has 0 saturated heterocycles. The van der Waals surface area contributed by atoms with E-state index in [9.17, 15) is 0 Å². The number of aliphatic hydroxyl groups is 1. The van der Waals surface area contributed by atoms with Crippen molar-refractivity contribution in [3.8, 4) is 0 Å². The lowest BCUT2D eigenvalue weighted by Crippen LogP contribution is -2.33. The van der Waals surface area contributed by atoms with E-state index >= 15 is 0 Å². The molecule has 1 aromatic heterocycles. The Bertz CT molecular complexity index is 328. The highest BCUT2D eigenvalue weighted by atomic mass is 16.4. The molecule has 0 fully saturated rings. The minimum atomic E-state index is 0.227. The molecule has 0 saturated carbocycles. The van der Waals surface area contributed by atoms with Crippen LogP contribution in [0.3, 0.4) is 0 Å². The summed E-state index contributed by atoms with van der Waals surface area (Å²) in [6.45, 7) is 11.3. The van der Waals surface area contributed by atoms with Crippen LogP contribution in [0.4, 0.5) is 0 Å². The fourth-order valence-electron chi connectivity index (χ4n) is 1.84. The monoisotopic (exact) mass is 240 g/mol. The molecule has 0 aliphatic rings. The second-order valence-corrected chi connectivity index (χ2v) is 5.71. The fourth-order valence-corrected chi connectivity index (χ4v) is 1.84.